The lowest BCUT2D eigenvalue weighted by molar-refractivity contribution is -0.138. The molecule has 0 aliphatic rings. The van der Waals surface area contributed by atoms with Crippen LogP contribution in [-0.4, -0.2) is 10.9 Å². The van der Waals surface area contributed by atoms with Crippen molar-refractivity contribution in [2.24, 2.45) is 0 Å². The molecule has 8 heteroatoms. The fraction of sp³-hybridized carbons (Fsp3) is 0.167. The number of alkyl halides is 3. The average Bonchev–Trinajstić information content (AvgIpc) is 2.73. The summed E-state index contributed by atoms with van der Waals surface area (Å²) in [4.78, 5) is 15.7. The number of benzene rings is 1. The number of oxazole rings is 1. The highest BCUT2D eigenvalue weighted by Gasteiger charge is 2.33. The maximum absolute atomic E-state index is 12.7. The zero-order chi connectivity index (χ0) is 14.9. The minimum atomic E-state index is -4.55. The fourth-order valence-corrected chi connectivity index (χ4v) is 1.94. The van der Waals surface area contributed by atoms with Crippen molar-refractivity contribution in [1.82, 2.24) is 4.98 Å². The summed E-state index contributed by atoms with van der Waals surface area (Å²) in [5.41, 5.74) is -0.516. The zero-order valence-electron chi connectivity index (χ0n) is 10.1. The Morgan fingerprint density at radius 3 is 2.65 bits per heavy atom. The molecule has 1 N–H and O–H groups in total. The van der Waals surface area contributed by atoms with Crippen molar-refractivity contribution in [3.8, 4) is 0 Å². The third kappa shape index (κ3) is 3.19. The third-order valence-electron chi connectivity index (χ3n) is 2.37. The summed E-state index contributed by atoms with van der Waals surface area (Å²) in [5, 5.41) is 2.28. The van der Waals surface area contributed by atoms with Crippen LogP contribution < -0.4 is 5.32 Å². The highest BCUT2D eigenvalue weighted by Crippen LogP contribution is 2.35. The van der Waals surface area contributed by atoms with Crippen LogP contribution in [0.1, 0.15) is 21.6 Å². The van der Waals surface area contributed by atoms with Crippen molar-refractivity contribution in [2.45, 2.75) is 13.1 Å². The minimum absolute atomic E-state index is 0.0658. The van der Waals surface area contributed by atoms with E-state index in [0.717, 1.165) is 6.07 Å². The number of hydrogen-bond acceptors (Lipinski definition) is 3. The summed E-state index contributed by atoms with van der Waals surface area (Å²) in [6, 6.07) is 3.13. The Morgan fingerprint density at radius 2 is 2.10 bits per heavy atom. The highest BCUT2D eigenvalue weighted by atomic mass is 79.9. The lowest BCUT2D eigenvalue weighted by Crippen LogP contribution is -2.14. The molecule has 0 atom stereocenters. The van der Waals surface area contributed by atoms with E-state index in [-0.39, 0.29) is 16.1 Å². The molecule has 2 rings (SSSR count). The molecule has 0 aliphatic heterocycles. The van der Waals surface area contributed by atoms with Crippen LogP contribution in [0.5, 0.6) is 0 Å². The molecule has 0 saturated heterocycles. The van der Waals surface area contributed by atoms with Gasteiger partial charge in [-0.25, -0.2) is 0 Å². The number of aryl methyl sites for hydroxylation is 1. The average molecular weight is 349 g/mol. The highest BCUT2D eigenvalue weighted by molar-refractivity contribution is 9.10. The summed E-state index contributed by atoms with van der Waals surface area (Å²) in [6.07, 6.45) is -3.23. The third-order valence-corrected chi connectivity index (χ3v) is 3.06. The fourth-order valence-electron chi connectivity index (χ4n) is 1.46. The van der Waals surface area contributed by atoms with Crippen molar-refractivity contribution in [3.05, 3.63) is 45.8 Å². The molecular formula is C12H8BrF3N2O2. The topological polar surface area (TPSA) is 55.1 Å². The maximum atomic E-state index is 12.7. The summed E-state index contributed by atoms with van der Waals surface area (Å²) < 4.78 is 43.0. The molecule has 0 saturated carbocycles. The van der Waals surface area contributed by atoms with Gasteiger partial charge < -0.3 is 4.42 Å². The molecule has 106 valence electrons. The molecule has 1 heterocycles. The molecule has 1 aromatic heterocycles. The quantitative estimate of drug-likeness (QED) is 0.891. The summed E-state index contributed by atoms with van der Waals surface area (Å²) >= 11 is 2.80. The van der Waals surface area contributed by atoms with Gasteiger partial charge in [-0.1, -0.05) is 15.9 Å². The second-order valence-corrected chi connectivity index (χ2v) is 4.79. The molecule has 1 aromatic carbocycles. The summed E-state index contributed by atoms with van der Waals surface area (Å²) in [5.74, 6) is -0.732. The maximum Gasteiger partial charge on any atom is 0.417 e. The van der Waals surface area contributed by atoms with Crippen LogP contribution in [0.3, 0.4) is 0 Å². The number of nitrogens with zero attached hydrogens (tertiary/aromatic N) is 1. The van der Waals surface area contributed by atoms with Gasteiger partial charge in [0.05, 0.1) is 11.3 Å². The Hall–Kier alpha value is -1.83. The van der Waals surface area contributed by atoms with Gasteiger partial charge in [-0.2, -0.15) is 18.2 Å². The first kappa shape index (κ1) is 14.6. The van der Waals surface area contributed by atoms with E-state index in [1.54, 1.807) is 6.92 Å². The smallest absolute Gasteiger partial charge is 0.417 e. The lowest BCUT2D eigenvalue weighted by atomic mass is 10.1. The molecular weight excluding hydrogens is 341 g/mol. The minimum Gasteiger partial charge on any atom is -0.432 e. The zero-order valence-corrected chi connectivity index (χ0v) is 11.7. The van der Waals surface area contributed by atoms with E-state index in [1.165, 1.54) is 18.4 Å². The molecule has 0 fully saturated rings. The van der Waals surface area contributed by atoms with E-state index in [2.05, 4.69) is 26.2 Å². The molecule has 2 aromatic rings. The monoisotopic (exact) mass is 348 g/mol. The number of hydrogen-bond donors (Lipinski definition) is 1. The molecule has 0 unspecified atom stereocenters. The Balaban J connectivity index is 2.27. The normalized spacial score (nSPS) is 11.4. The van der Waals surface area contributed by atoms with Gasteiger partial charge in [0.25, 0.3) is 5.91 Å². The first-order chi connectivity index (χ1) is 9.27. The standard InChI is InChI=1S/C12H8BrF3N2O2/c1-6-5-20-11(17-6)18-10(19)7-2-3-9(13)8(4-7)12(14,15)16/h2-5H,1H3,(H,17,18,19). The number of aromatic nitrogens is 1. The van der Waals surface area contributed by atoms with Crippen LogP contribution in [-0.2, 0) is 6.18 Å². The molecule has 20 heavy (non-hydrogen) atoms. The molecule has 1 amide bonds. The Bertz CT molecular complexity index is 652. The number of amides is 1. The molecule has 0 radical (unpaired) electrons. The van der Waals surface area contributed by atoms with E-state index in [4.69, 9.17) is 4.42 Å². The van der Waals surface area contributed by atoms with Crippen molar-refractivity contribution >= 4 is 27.9 Å². The van der Waals surface area contributed by atoms with E-state index in [0.29, 0.717) is 5.69 Å². The summed E-state index contributed by atoms with van der Waals surface area (Å²) in [6.45, 7) is 1.65. The number of carbonyl (C=O) groups is 1. The van der Waals surface area contributed by atoms with Crippen molar-refractivity contribution in [2.75, 3.05) is 5.32 Å². The summed E-state index contributed by atoms with van der Waals surface area (Å²) in [7, 11) is 0. The van der Waals surface area contributed by atoms with E-state index < -0.39 is 17.6 Å². The van der Waals surface area contributed by atoms with Gasteiger partial charge in [0.15, 0.2) is 0 Å². The first-order valence-corrected chi connectivity index (χ1v) is 6.17. The first-order valence-electron chi connectivity index (χ1n) is 5.37. The Morgan fingerprint density at radius 1 is 1.40 bits per heavy atom. The second kappa shape index (κ2) is 5.28. The van der Waals surface area contributed by atoms with Gasteiger partial charge in [0.2, 0.25) is 0 Å². The van der Waals surface area contributed by atoms with E-state index in [1.807, 2.05) is 0 Å². The Kier molecular flexibility index (Phi) is 3.85. The van der Waals surface area contributed by atoms with Crippen LogP contribution in [0.25, 0.3) is 0 Å². The van der Waals surface area contributed by atoms with Gasteiger partial charge in [-0.05, 0) is 25.1 Å². The second-order valence-electron chi connectivity index (χ2n) is 3.94. The number of halogens is 4. The number of carbonyl (C=O) groups excluding carboxylic acids is 1. The predicted molar refractivity (Wildman–Crippen MR) is 68.3 cm³/mol. The Labute approximate surface area is 120 Å². The SMILES string of the molecule is Cc1coc(NC(=O)c2ccc(Br)c(C(F)(F)F)c2)n1. The molecule has 0 aliphatic carbocycles. The lowest BCUT2D eigenvalue weighted by Gasteiger charge is -2.10. The van der Waals surface area contributed by atoms with Crippen LogP contribution in [0.2, 0.25) is 0 Å². The number of nitrogens with one attached hydrogen (secondary N) is 1. The van der Waals surface area contributed by atoms with Gasteiger partial charge in [-0.15, -0.1) is 0 Å². The van der Waals surface area contributed by atoms with Crippen molar-refractivity contribution < 1.29 is 22.4 Å². The van der Waals surface area contributed by atoms with Gasteiger partial charge in [0, 0.05) is 10.0 Å². The van der Waals surface area contributed by atoms with E-state index in [9.17, 15) is 18.0 Å². The van der Waals surface area contributed by atoms with Gasteiger partial charge >= 0.3 is 12.2 Å². The van der Waals surface area contributed by atoms with Gasteiger partial charge in [-0.3, -0.25) is 10.1 Å². The number of anilines is 1. The predicted octanol–water partition coefficient (Wildman–Crippen LogP) is 4.02. The molecule has 0 bridgehead atoms. The van der Waals surface area contributed by atoms with Crippen LogP contribution in [0, 0.1) is 6.92 Å². The molecule has 0 spiro atoms. The molecule has 4 nitrogen and oxygen atoms in total. The van der Waals surface area contributed by atoms with Crippen LogP contribution >= 0.6 is 15.9 Å². The van der Waals surface area contributed by atoms with E-state index >= 15 is 0 Å². The number of rotatable bonds is 2. The van der Waals surface area contributed by atoms with Crippen LogP contribution in [0.4, 0.5) is 19.2 Å². The van der Waals surface area contributed by atoms with Gasteiger partial charge in [0.1, 0.15) is 6.26 Å². The van der Waals surface area contributed by atoms with Crippen LogP contribution in [0.15, 0.2) is 33.4 Å². The van der Waals surface area contributed by atoms with Crippen molar-refractivity contribution in [1.29, 1.82) is 0 Å². The largest absolute Gasteiger partial charge is 0.432 e. The van der Waals surface area contributed by atoms with Crippen molar-refractivity contribution in [3.63, 3.8) is 0 Å².